The van der Waals surface area contributed by atoms with Crippen LogP contribution in [-0.4, -0.2) is 9.78 Å². The minimum absolute atomic E-state index is 0.523. The second-order valence-corrected chi connectivity index (χ2v) is 5.37. The van der Waals surface area contributed by atoms with Gasteiger partial charge in [0.05, 0.1) is 12.2 Å². The maximum atomic E-state index is 5.96. The molecule has 0 atom stereocenters. The van der Waals surface area contributed by atoms with Crippen molar-refractivity contribution in [3.05, 3.63) is 31.5 Å². The van der Waals surface area contributed by atoms with Gasteiger partial charge < -0.3 is 5.73 Å². The lowest BCUT2D eigenvalue weighted by Crippen LogP contribution is -2.05. The van der Waals surface area contributed by atoms with Crippen molar-refractivity contribution in [1.82, 2.24) is 9.78 Å². The molecule has 0 fully saturated rings. The molecule has 3 nitrogen and oxygen atoms in total. The van der Waals surface area contributed by atoms with Crippen molar-refractivity contribution in [1.29, 1.82) is 0 Å². The number of hydrogen-bond acceptors (Lipinski definition) is 3. The highest BCUT2D eigenvalue weighted by Gasteiger charge is 2.11. The summed E-state index contributed by atoms with van der Waals surface area (Å²) in [5.41, 5.74) is 6.59. The lowest BCUT2D eigenvalue weighted by atomic mass is 10.4. The molecule has 0 aromatic carbocycles. The van der Waals surface area contributed by atoms with Crippen molar-refractivity contribution < 1.29 is 0 Å². The normalized spacial score (nSPS) is 10.9. The number of aryl methyl sites for hydroxylation is 1. The van der Waals surface area contributed by atoms with Crippen molar-refractivity contribution in [3.8, 4) is 0 Å². The molecule has 2 N–H and O–H groups in total. The molecule has 0 amide bonds. The standard InChI is InChI=1S/C9H9BrClN3S/c1-5-8(11)9(12)14(13-5)4-7-6(10)2-3-15-7/h2-3H,4,12H2,1H3. The van der Waals surface area contributed by atoms with Gasteiger partial charge in [-0.3, -0.25) is 0 Å². The molecular weight excluding hydrogens is 298 g/mol. The fourth-order valence-corrected chi connectivity index (χ4v) is 2.87. The number of halogens is 2. The first-order valence-corrected chi connectivity index (χ1v) is 6.35. The summed E-state index contributed by atoms with van der Waals surface area (Å²) in [6.45, 7) is 2.50. The maximum Gasteiger partial charge on any atom is 0.141 e. The second-order valence-electron chi connectivity index (χ2n) is 3.13. The topological polar surface area (TPSA) is 43.8 Å². The molecule has 0 aliphatic rings. The summed E-state index contributed by atoms with van der Waals surface area (Å²) in [5, 5.41) is 6.84. The zero-order chi connectivity index (χ0) is 11.0. The smallest absolute Gasteiger partial charge is 0.141 e. The first-order valence-electron chi connectivity index (χ1n) is 4.30. The van der Waals surface area contributed by atoms with Gasteiger partial charge in [0, 0.05) is 9.35 Å². The molecule has 15 heavy (non-hydrogen) atoms. The van der Waals surface area contributed by atoms with E-state index in [4.69, 9.17) is 17.3 Å². The van der Waals surface area contributed by atoms with E-state index in [0.717, 1.165) is 10.2 Å². The summed E-state index contributed by atoms with van der Waals surface area (Å²) in [5.74, 6) is 0.523. The largest absolute Gasteiger partial charge is 0.383 e. The molecule has 0 unspecified atom stereocenters. The third kappa shape index (κ3) is 2.04. The molecular formula is C9H9BrClN3S. The molecule has 2 aromatic rings. The van der Waals surface area contributed by atoms with Gasteiger partial charge in [0.25, 0.3) is 0 Å². The van der Waals surface area contributed by atoms with Crippen LogP contribution < -0.4 is 5.73 Å². The zero-order valence-electron chi connectivity index (χ0n) is 8.00. The second kappa shape index (κ2) is 4.15. The van der Waals surface area contributed by atoms with Gasteiger partial charge in [-0.25, -0.2) is 4.68 Å². The average Bonchev–Trinajstić information content (AvgIpc) is 2.69. The molecule has 0 saturated heterocycles. The van der Waals surface area contributed by atoms with Gasteiger partial charge in [-0.05, 0) is 34.3 Å². The lowest BCUT2D eigenvalue weighted by molar-refractivity contribution is 0.695. The van der Waals surface area contributed by atoms with Gasteiger partial charge >= 0.3 is 0 Å². The van der Waals surface area contributed by atoms with E-state index >= 15 is 0 Å². The number of nitrogen functional groups attached to an aromatic ring is 1. The van der Waals surface area contributed by atoms with Crippen LogP contribution in [0.25, 0.3) is 0 Å². The molecule has 2 rings (SSSR count). The van der Waals surface area contributed by atoms with Crippen LogP contribution in [0.2, 0.25) is 5.02 Å². The minimum Gasteiger partial charge on any atom is -0.383 e. The first kappa shape index (κ1) is 11.0. The van der Waals surface area contributed by atoms with E-state index < -0.39 is 0 Å². The van der Waals surface area contributed by atoms with E-state index in [-0.39, 0.29) is 0 Å². The average molecular weight is 307 g/mol. The number of rotatable bonds is 2. The molecule has 2 aromatic heterocycles. The predicted molar refractivity (Wildman–Crippen MR) is 67.5 cm³/mol. The summed E-state index contributed by atoms with van der Waals surface area (Å²) in [6, 6.07) is 2.01. The molecule has 6 heteroatoms. The predicted octanol–water partition coefficient (Wildman–Crippen LogP) is 3.30. The number of nitrogens with zero attached hydrogens (tertiary/aromatic N) is 2. The van der Waals surface area contributed by atoms with Crippen molar-refractivity contribution in [2.45, 2.75) is 13.5 Å². The lowest BCUT2D eigenvalue weighted by Gasteiger charge is -2.02. The molecule has 0 radical (unpaired) electrons. The van der Waals surface area contributed by atoms with Gasteiger partial charge in [0.15, 0.2) is 0 Å². The molecule has 80 valence electrons. The monoisotopic (exact) mass is 305 g/mol. The zero-order valence-corrected chi connectivity index (χ0v) is 11.2. The molecule has 0 spiro atoms. The van der Waals surface area contributed by atoms with Crippen LogP contribution in [0.5, 0.6) is 0 Å². The number of hydrogen-bond donors (Lipinski definition) is 1. The number of thiophene rings is 1. The van der Waals surface area contributed by atoms with Crippen molar-refractivity contribution >= 4 is 44.7 Å². The molecule has 0 aliphatic carbocycles. The fraction of sp³-hybridized carbons (Fsp3) is 0.222. The van der Waals surface area contributed by atoms with E-state index in [1.165, 1.54) is 4.88 Å². The van der Waals surface area contributed by atoms with Crippen molar-refractivity contribution in [2.24, 2.45) is 0 Å². The van der Waals surface area contributed by atoms with E-state index in [1.54, 1.807) is 16.0 Å². The molecule has 0 saturated carbocycles. The van der Waals surface area contributed by atoms with Crippen LogP contribution >= 0.6 is 38.9 Å². The quantitative estimate of drug-likeness (QED) is 0.925. The SMILES string of the molecule is Cc1nn(Cc2sccc2Br)c(N)c1Cl. The Labute approximate surface area is 105 Å². The van der Waals surface area contributed by atoms with Crippen LogP contribution in [0, 0.1) is 6.92 Å². The summed E-state index contributed by atoms with van der Waals surface area (Å²) in [4.78, 5) is 1.18. The van der Waals surface area contributed by atoms with Crippen LogP contribution in [0.15, 0.2) is 15.9 Å². The fourth-order valence-electron chi connectivity index (χ4n) is 1.27. The number of nitrogens with two attached hydrogens (primary N) is 1. The number of anilines is 1. The van der Waals surface area contributed by atoms with E-state index in [2.05, 4.69) is 21.0 Å². The Bertz CT molecular complexity index is 492. The third-order valence-electron chi connectivity index (χ3n) is 2.08. The Kier molecular flexibility index (Phi) is 3.04. The van der Waals surface area contributed by atoms with Gasteiger partial charge in [0.2, 0.25) is 0 Å². The van der Waals surface area contributed by atoms with Crippen LogP contribution in [0.1, 0.15) is 10.6 Å². The molecule has 2 heterocycles. The molecule has 0 aliphatic heterocycles. The minimum atomic E-state index is 0.523. The summed E-state index contributed by atoms with van der Waals surface area (Å²) in [7, 11) is 0. The Hall–Kier alpha value is -0.520. The summed E-state index contributed by atoms with van der Waals surface area (Å²) >= 11 is 11.1. The van der Waals surface area contributed by atoms with E-state index in [1.807, 2.05) is 18.4 Å². The van der Waals surface area contributed by atoms with Crippen LogP contribution in [0.4, 0.5) is 5.82 Å². The highest BCUT2D eigenvalue weighted by Crippen LogP contribution is 2.27. The summed E-state index contributed by atoms with van der Waals surface area (Å²) < 4.78 is 2.80. The Balaban J connectivity index is 2.33. The van der Waals surface area contributed by atoms with Gasteiger partial charge in [0.1, 0.15) is 10.8 Å². The Morgan fingerprint density at radius 2 is 2.40 bits per heavy atom. The Morgan fingerprint density at radius 1 is 1.67 bits per heavy atom. The summed E-state index contributed by atoms with van der Waals surface area (Å²) in [6.07, 6.45) is 0. The van der Waals surface area contributed by atoms with E-state index in [9.17, 15) is 0 Å². The first-order chi connectivity index (χ1) is 7.09. The van der Waals surface area contributed by atoms with Crippen molar-refractivity contribution in [2.75, 3.05) is 5.73 Å². The van der Waals surface area contributed by atoms with Gasteiger partial charge in [-0.2, -0.15) is 5.10 Å². The highest BCUT2D eigenvalue weighted by molar-refractivity contribution is 9.10. The third-order valence-corrected chi connectivity index (χ3v) is 4.45. The van der Waals surface area contributed by atoms with E-state index in [0.29, 0.717) is 17.4 Å². The van der Waals surface area contributed by atoms with Crippen molar-refractivity contribution in [3.63, 3.8) is 0 Å². The Morgan fingerprint density at radius 3 is 2.87 bits per heavy atom. The molecule has 0 bridgehead atoms. The highest BCUT2D eigenvalue weighted by atomic mass is 79.9. The van der Waals surface area contributed by atoms with Crippen LogP contribution in [-0.2, 0) is 6.54 Å². The number of aromatic nitrogens is 2. The van der Waals surface area contributed by atoms with Crippen LogP contribution in [0.3, 0.4) is 0 Å². The maximum absolute atomic E-state index is 5.96. The van der Waals surface area contributed by atoms with Gasteiger partial charge in [-0.1, -0.05) is 11.6 Å². The van der Waals surface area contributed by atoms with Gasteiger partial charge in [-0.15, -0.1) is 11.3 Å².